The first-order chi connectivity index (χ1) is 11.8. The lowest BCUT2D eigenvalue weighted by Gasteiger charge is -2.23. The topological polar surface area (TPSA) is 52.6 Å². The molecule has 0 fully saturated rings. The molecule has 2 aromatic carbocycles. The quantitative estimate of drug-likeness (QED) is 0.812. The Hall–Kier alpha value is -2.24. The van der Waals surface area contributed by atoms with E-state index < -0.39 is 5.60 Å². The van der Waals surface area contributed by atoms with Crippen molar-refractivity contribution in [3.05, 3.63) is 71.0 Å². The zero-order valence-electron chi connectivity index (χ0n) is 14.9. The number of carbonyl (C=O) groups excluding carboxylic acids is 1. The maximum Gasteiger partial charge on any atom is 0.223 e. The van der Waals surface area contributed by atoms with Crippen LogP contribution in [0.25, 0.3) is 0 Å². The maximum atomic E-state index is 14.0. The van der Waals surface area contributed by atoms with Crippen LogP contribution in [0.3, 0.4) is 0 Å². The molecule has 0 aliphatic rings. The number of hydrogen-bond donors (Lipinski definition) is 2. The van der Waals surface area contributed by atoms with Gasteiger partial charge in [-0.05, 0) is 38.2 Å². The van der Waals surface area contributed by atoms with Crippen molar-refractivity contribution in [2.75, 3.05) is 14.1 Å². The molecular weight excluding hydrogens is 319 g/mol. The van der Waals surface area contributed by atoms with Crippen molar-refractivity contribution >= 4 is 5.91 Å². The van der Waals surface area contributed by atoms with Crippen LogP contribution in [-0.4, -0.2) is 30.0 Å². The first-order valence-corrected chi connectivity index (χ1v) is 8.24. The molecular formula is C20H25FN2O2. The van der Waals surface area contributed by atoms with Gasteiger partial charge in [0.15, 0.2) is 0 Å². The average molecular weight is 344 g/mol. The summed E-state index contributed by atoms with van der Waals surface area (Å²) in [6.07, 6.45) is -0.0573. The van der Waals surface area contributed by atoms with E-state index in [-0.39, 0.29) is 24.7 Å². The molecule has 4 nitrogen and oxygen atoms in total. The second-order valence-corrected chi connectivity index (χ2v) is 6.76. The Labute approximate surface area is 148 Å². The van der Waals surface area contributed by atoms with Gasteiger partial charge in [0.25, 0.3) is 0 Å². The minimum atomic E-state index is -1.24. The predicted octanol–water partition coefficient (Wildman–Crippen LogP) is 2.80. The number of carbonyl (C=O) groups is 1. The summed E-state index contributed by atoms with van der Waals surface area (Å²) in [5, 5.41) is 13.2. The Morgan fingerprint density at radius 1 is 1.20 bits per heavy atom. The monoisotopic (exact) mass is 344 g/mol. The summed E-state index contributed by atoms with van der Waals surface area (Å²) in [6.45, 7) is 2.36. The Balaban J connectivity index is 1.93. The molecule has 0 aliphatic carbocycles. The summed E-state index contributed by atoms with van der Waals surface area (Å²) in [4.78, 5) is 14.0. The standard InChI is InChI=1S/C20H25FN2O2/c1-20(25,17-7-5-4-6-8-17)12-19(24)22-13-15-9-10-16(14-23(2)3)18(21)11-15/h4-11,25H,12-14H2,1-3H3,(H,22,24). The van der Waals surface area contributed by atoms with Gasteiger partial charge in [0, 0.05) is 18.7 Å². The normalized spacial score (nSPS) is 13.5. The molecule has 0 spiro atoms. The smallest absolute Gasteiger partial charge is 0.223 e. The van der Waals surface area contributed by atoms with Gasteiger partial charge in [0.1, 0.15) is 5.82 Å². The third kappa shape index (κ3) is 5.66. The van der Waals surface area contributed by atoms with Gasteiger partial charge in [0.05, 0.1) is 12.0 Å². The van der Waals surface area contributed by atoms with Crippen molar-refractivity contribution in [3.8, 4) is 0 Å². The van der Waals surface area contributed by atoms with Crippen molar-refractivity contribution < 1.29 is 14.3 Å². The summed E-state index contributed by atoms with van der Waals surface area (Å²) in [5.41, 5.74) is 0.746. The van der Waals surface area contributed by atoms with Crippen molar-refractivity contribution in [1.82, 2.24) is 10.2 Å². The molecule has 0 saturated heterocycles. The van der Waals surface area contributed by atoms with Gasteiger partial charge < -0.3 is 15.3 Å². The molecule has 1 atom stereocenters. The second kappa shape index (κ2) is 8.23. The van der Waals surface area contributed by atoms with E-state index in [1.165, 1.54) is 6.07 Å². The fourth-order valence-electron chi connectivity index (χ4n) is 2.64. The lowest BCUT2D eigenvalue weighted by molar-refractivity contribution is -0.126. The van der Waals surface area contributed by atoms with Crippen molar-refractivity contribution in [1.29, 1.82) is 0 Å². The highest BCUT2D eigenvalue weighted by Crippen LogP contribution is 2.24. The second-order valence-electron chi connectivity index (χ2n) is 6.76. The van der Waals surface area contributed by atoms with Gasteiger partial charge in [0.2, 0.25) is 5.91 Å². The first kappa shape index (κ1) is 19.1. The minimum Gasteiger partial charge on any atom is -0.385 e. The number of rotatable bonds is 7. The molecule has 0 aromatic heterocycles. The van der Waals surface area contributed by atoms with E-state index in [0.717, 1.165) is 0 Å². The van der Waals surface area contributed by atoms with E-state index in [2.05, 4.69) is 5.32 Å². The van der Waals surface area contributed by atoms with Gasteiger partial charge >= 0.3 is 0 Å². The number of nitrogens with zero attached hydrogens (tertiary/aromatic N) is 1. The van der Waals surface area contributed by atoms with E-state index in [9.17, 15) is 14.3 Å². The number of aliphatic hydroxyl groups is 1. The molecule has 0 radical (unpaired) electrons. The molecule has 0 heterocycles. The fourth-order valence-corrected chi connectivity index (χ4v) is 2.64. The molecule has 1 amide bonds. The van der Waals surface area contributed by atoms with Gasteiger partial charge in [-0.15, -0.1) is 0 Å². The SMILES string of the molecule is CN(C)Cc1ccc(CNC(=O)CC(C)(O)c2ccccc2)cc1F. The lowest BCUT2D eigenvalue weighted by atomic mass is 9.92. The highest BCUT2D eigenvalue weighted by molar-refractivity contribution is 5.77. The van der Waals surface area contributed by atoms with Crippen LogP contribution in [-0.2, 0) is 23.5 Å². The van der Waals surface area contributed by atoms with Crippen molar-refractivity contribution in [2.24, 2.45) is 0 Å². The summed E-state index contributed by atoms with van der Waals surface area (Å²) < 4.78 is 14.0. The number of amides is 1. The molecule has 5 heteroatoms. The van der Waals surface area contributed by atoms with Gasteiger partial charge in [-0.25, -0.2) is 4.39 Å². The van der Waals surface area contributed by atoms with Crippen molar-refractivity contribution in [3.63, 3.8) is 0 Å². The summed E-state index contributed by atoms with van der Waals surface area (Å²) >= 11 is 0. The van der Waals surface area contributed by atoms with Crippen LogP contribution in [0.4, 0.5) is 4.39 Å². The van der Waals surface area contributed by atoms with E-state index in [0.29, 0.717) is 23.2 Å². The number of benzene rings is 2. The van der Waals surface area contributed by atoms with Crippen LogP contribution >= 0.6 is 0 Å². The molecule has 134 valence electrons. The molecule has 2 N–H and O–H groups in total. The van der Waals surface area contributed by atoms with Gasteiger partial charge in [-0.1, -0.05) is 42.5 Å². The third-order valence-corrected chi connectivity index (χ3v) is 3.99. The molecule has 2 rings (SSSR count). The summed E-state index contributed by atoms with van der Waals surface area (Å²) in [5.74, 6) is -0.566. The fraction of sp³-hybridized carbons (Fsp3) is 0.350. The van der Waals surface area contributed by atoms with Crippen LogP contribution in [0.5, 0.6) is 0 Å². The number of nitrogens with one attached hydrogen (secondary N) is 1. The van der Waals surface area contributed by atoms with Gasteiger partial charge in [-0.3, -0.25) is 4.79 Å². The molecule has 0 saturated carbocycles. The van der Waals surface area contributed by atoms with E-state index in [1.807, 2.05) is 37.2 Å². The molecule has 2 aromatic rings. The molecule has 1 unspecified atom stereocenters. The third-order valence-electron chi connectivity index (χ3n) is 3.99. The lowest BCUT2D eigenvalue weighted by Crippen LogP contribution is -2.32. The number of halogens is 1. The van der Waals surface area contributed by atoms with E-state index in [1.54, 1.807) is 31.2 Å². The molecule has 0 aliphatic heterocycles. The van der Waals surface area contributed by atoms with Crippen LogP contribution in [0, 0.1) is 5.82 Å². The summed E-state index contributed by atoms with van der Waals surface area (Å²) in [6, 6.07) is 14.0. The van der Waals surface area contributed by atoms with Gasteiger partial charge in [-0.2, -0.15) is 0 Å². The summed E-state index contributed by atoms with van der Waals surface area (Å²) in [7, 11) is 3.76. The Bertz CT molecular complexity index is 715. The average Bonchev–Trinajstić information content (AvgIpc) is 2.55. The Morgan fingerprint density at radius 2 is 1.88 bits per heavy atom. The predicted molar refractivity (Wildman–Crippen MR) is 96.3 cm³/mol. The maximum absolute atomic E-state index is 14.0. The van der Waals surface area contributed by atoms with E-state index >= 15 is 0 Å². The number of hydrogen-bond acceptors (Lipinski definition) is 3. The van der Waals surface area contributed by atoms with Crippen LogP contribution in [0.2, 0.25) is 0 Å². The first-order valence-electron chi connectivity index (χ1n) is 8.24. The largest absolute Gasteiger partial charge is 0.385 e. The van der Waals surface area contributed by atoms with Crippen molar-refractivity contribution in [2.45, 2.75) is 32.0 Å². The zero-order valence-corrected chi connectivity index (χ0v) is 14.9. The molecule has 25 heavy (non-hydrogen) atoms. The zero-order chi connectivity index (χ0) is 18.4. The minimum absolute atomic E-state index is 0.0573. The van der Waals surface area contributed by atoms with Crippen LogP contribution in [0.1, 0.15) is 30.0 Å². The Morgan fingerprint density at radius 3 is 2.48 bits per heavy atom. The van der Waals surface area contributed by atoms with E-state index in [4.69, 9.17) is 0 Å². The molecule has 0 bridgehead atoms. The highest BCUT2D eigenvalue weighted by Gasteiger charge is 2.26. The van der Waals surface area contributed by atoms with Crippen LogP contribution < -0.4 is 5.32 Å². The van der Waals surface area contributed by atoms with Crippen LogP contribution in [0.15, 0.2) is 48.5 Å². The Kier molecular flexibility index (Phi) is 6.28. The highest BCUT2D eigenvalue weighted by atomic mass is 19.1.